The molecule has 9 heteroatoms. The molecule has 2 N–H and O–H groups in total. The number of likely N-dealkylation sites (N-methyl/N-ethyl adjacent to an activating group) is 1. The minimum absolute atomic E-state index is 0. The molecule has 0 saturated carbocycles. The maximum absolute atomic E-state index is 11.7. The highest BCUT2D eigenvalue weighted by Crippen LogP contribution is 2.08. The second-order valence-electron chi connectivity index (χ2n) is 5.49. The number of oxazole rings is 1. The van der Waals surface area contributed by atoms with Gasteiger partial charge in [-0.25, -0.2) is 9.98 Å². The van der Waals surface area contributed by atoms with Gasteiger partial charge in [-0.3, -0.25) is 4.79 Å². The van der Waals surface area contributed by atoms with Crippen molar-refractivity contribution in [3.8, 4) is 0 Å². The van der Waals surface area contributed by atoms with Crippen LogP contribution in [0.4, 0.5) is 0 Å². The molecule has 1 amide bonds. The van der Waals surface area contributed by atoms with Crippen LogP contribution in [0.2, 0.25) is 0 Å². The number of aryl methyl sites for hydroxylation is 2. The number of amides is 1. The Morgan fingerprint density at radius 1 is 1.32 bits per heavy atom. The van der Waals surface area contributed by atoms with E-state index in [4.69, 9.17) is 4.42 Å². The third-order valence-corrected chi connectivity index (χ3v) is 4.24. The molecule has 0 radical (unpaired) electrons. The molecule has 0 atom stereocenters. The number of hydrogen-bond acceptors (Lipinski definition) is 5. The second-order valence-corrected chi connectivity index (χ2v) is 6.52. The number of aromatic nitrogens is 1. The SMILES string of the molecule is Cc1nc(CNC(=NCC(=O)N(C)C)NCc2cccs2)oc1C.I. The molecular formula is C16H24IN5O2S. The van der Waals surface area contributed by atoms with E-state index in [-0.39, 0.29) is 36.4 Å². The second kappa shape index (κ2) is 10.4. The third-order valence-electron chi connectivity index (χ3n) is 3.36. The lowest BCUT2D eigenvalue weighted by molar-refractivity contribution is -0.127. The number of guanidine groups is 1. The molecule has 0 aliphatic carbocycles. The van der Waals surface area contributed by atoms with Crippen molar-refractivity contribution in [2.75, 3.05) is 20.6 Å². The fourth-order valence-electron chi connectivity index (χ4n) is 1.82. The highest BCUT2D eigenvalue weighted by Gasteiger charge is 2.08. The Kier molecular flexibility index (Phi) is 8.90. The number of carbonyl (C=O) groups excluding carboxylic acids is 1. The predicted molar refractivity (Wildman–Crippen MR) is 110 cm³/mol. The van der Waals surface area contributed by atoms with Crippen molar-refractivity contribution >= 4 is 47.2 Å². The minimum atomic E-state index is -0.0602. The predicted octanol–water partition coefficient (Wildman–Crippen LogP) is 2.29. The van der Waals surface area contributed by atoms with Gasteiger partial charge in [0.15, 0.2) is 5.96 Å². The summed E-state index contributed by atoms with van der Waals surface area (Å²) in [7, 11) is 3.42. The summed E-state index contributed by atoms with van der Waals surface area (Å²) in [4.78, 5) is 23.1. The zero-order valence-electron chi connectivity index (χ0n) is 14.8. The van der Waals surface area contributed by atoms with Crippen LogP contribution < -0.4 is 10.6 Å². The van der Waals surface area contributed by atoms with Gasteiger partial charge in [0.2, 0.25) is 11.8 Å². The van der Waals surface area contributed by atoms with Crippen LogP contribution in [0, 0.1) is 13.8 Å². The fourth-order valence-corrected chi connectivity index (χ4v) is 2.47. The van der Waals surface area contributed by atoms with Crippen LogP contribution in [0.15, 0.2) is 26.9 Å². The van der Waals surface area contributed by atoms with Crippen LogP contribution in [0.3, 0.4) is 0 Å². The molecule has 25 heavy (non-hydrogen) atoms. The Morgan fingerprint density at radius 2 is 2.04 bits per heavy atom. The quantitative estimate of drug-likeness (QED) is 0.379. The molecule has 7 nitrogen and oxygen atoms in total. The fraction of sp³-hybridized carbons (Fsp3) is 0.438. The number of halogens is 1. The van der Waals surface area contributed by atoms with E-state index in [1.807, 2.05) is 31.4 Å². The van der Waals surface area contributed by atoms with Crippen molar-refractivity contribution in [1.82, 2.24) is 20.5 Å². The lowest BCUT2D eigenvalue weighted by Crippen LogP contribution is -2.37. The molecule has 2 aromatic heterocycles. The smallest absolute Gasteiger partial charge is 0.243 e. The van der Waals surface area contributed by atoms with Crippen LogP contribution in [-0.2, 0) is 17.9 Å². The van der Waals surface area contributed by atoms with Crippen LogP contribution in [0.25, 0.3) is 0 Å². The number of aliphatic imine (C=N–C) groups is 1. The first-order chi connectivity index (χ1) is 11.5. The van der Waals surface area contributed by atoms with Gasteiger partial charge in [0.25, 0.3) is 0 Å². The Hall–Kier alpha value is -1.62. The van der Waals surface area contributed by atoms with Gasteiger partial charge in [-0.1, -0.05) is 6.07 Å². The van der Waals surface area contributed by atoms with Gasteiger partial charge in [0.05, 0.1) is 18.8 Å². The summed E-state index contributed by atoms with van der Waals surface area (Å²) >= 11 is 1.66. The van der Waals surface area contributed by atoms with Gasteiger partial charge in [0.1, 0.15) is 12.3 Å². The van der Waals surface area contributed by atoms with E-state index in [1.165, 1.54) is 9.78 Å². The van der Waals surface area contributed by atoms with E-state index in [9.17, 15) is 4.79 Å². The van der Waals surface area contributed by atoms with Crippen molar-refractivity contribution in [3.63, 3.8) is 0 Å². The molecule has 0 aliphatic rings. The summed E-state index contributed by atoms with van der Waals surface area (Å²) in [6.07, 6.45) is 0. The highest BCUT2D eigenvalue weighted by atomic mass is 127. The number of hydrogen-bond donors (Lipinski definition) is 2. The Balaban J connectivity index is 0.00000312. The van der Waals surface area contributed by atoms with Gasteiger partial charge in [-0.15, -0.1) is 35.3 Å². The lowest BCUT2D eigenvalue weighted by atomic mass is 10.4. The van der Waals surface area contributed by atoms with E-state index in [0.29, 0.717) is 24.9 Å². The van der Waals surface area contributed by atoms with E-state index in [2.05, 4.69) is 20.6 Å². The average molecular weight is 477 g/mol. The first-order valence-corrected chi connectivity index (χ1v) is 8.51. The molecule has 2 aromatic rings. The zero-order valence-corrected chi connectivity index (χ0v) is 18.0. The van der Waals surface area contributed by atoms with E-state index in [0.717, 1.165) is 11.5 Å². The molecule has 2 heterocycles. The number of nitrogens with one attached hydrogen (secondary N) is 2. The monoisotopic (exact) mass is 477 g/mol. The largest absolute Gasteiger partial charge is 0.444 e. The molecule has 0 bridgehead atoms. The maximum Gasteiger partial charge on any atom is 0.243 e. The summed E-state index contributed by atoms with van der Waals surface area (Å²) in [6, 6.07) is 4.04. The van der Waals surface area contributed by atoms with Gasteiger partial charge in [0, 0.05) is 19.0 Å². The van der Waals surface area contributed by atoms with Crippen molar-refractivity contribution in [3.05, 3.63) is 39.7 Å². The van der Waals surface area contributed by atoms with Gasteiger partial charge >= 0.3 is 0 Å². The van der Waals surface area contributed by atoms with E-state index >= 15 is 0 Å². The summed E-state index contributed by atoms with van der Waals surface area (Å²) in [5.41, 5.74) is 0.875. The summed E-state index contributed by atoms with van der Waals surface area (Å²) < 4.78 is 5.55. The third kappa shape index (κ3) is 7.02. The van der Waals surface area contributed by atoms with Crippen LogP contribution in [-0.4, -0.2) is 42.4 Å². The molecule has 0 spiro atoms. The van der Waals surface area contributed by atoms with E-state index < -0.39 is 0 Å². The topological polar surface area (TPSA) is 82.8 Å². The van der Waals surface area contributed by atoms with Gasteiger partial charge in [-0.05, 0) is 25.3 Å². The number of rotatable bonds is 6. The normalized spacial score (nSPS) is 11.0. The molecule has 0 fully saturated rings. The number of carbonyl (C=O) groups is 1. The summed E-state index contributed by atoms with van der Waals surface area (Å²) in [5, 5.41) is 8.39. The maximum atomic E-state index is 11.7. The summed E-state index contributed by atoms with van der Waals surface area (Å²) in [6.45, 7) is 4.91. The molecule has 138 valence electrons. The molecule has 0 saturated heterocycles. The molecule has 0 aliphatic heterocycles. The molecule has 0 unspecified atom stereocenters. The van der Waals surface area contributed by atoms with Crippen LogP contribution in [0.5, 0.6) is 0 Å². The summed E-state index contributed by atoms with van der Waals surface area (Å²) in [5.74, 6) is 1.89. The molecule has 0 aromatic carbocycles. The van der Waals surface area contributed by atoms with Crippen LogP contribution >= 0.6 is 35.3 Å². The Bertz CT molecular complexity index is 678. The Labute approximate surface area is 168 Å². The van der Waals surface area contributed by atoms with Crippen LogP contribution in [0.1, 0.15) is 22.2 Å². The standard InChI is InChI=1S/C16H23N5O2S.HI/c1-11-12(2)23-14(20-11)9-18-16(19-10-15(22)21(3)4)17-8-13-6-5-7-24-13;/h5-7H,8-10H2,1-4H3,(H2,17,18,19);1H. The molecular weight excluding hydrogens is 453 g/mol. The highest BCUT2D eigenvalue weighted by molar-refractivity contribution is 14.0. The first-order valence-electron chi connectivity index (χ1n) is 7.63. The minimum Gasteiger partial charge on any atom is -0.444 e. The Morgan fingerprint density at radius 3 is 2.60 bits per heavy atom. The van der Waals surface area contributed by atoms with Crippen molar-refractivity contribution < 1.29 is 9.21 Å². The van der Waals surface area contributed by atoms with E-state index in [1.54, 1.807) is 25.4 Å². The van der Waals surface area contributed by atoms with Crippen molar-refractivity contribution in [1.29, 1.82) is 0 Å². The van der Waals surface area contributed by atoms with Crippen molar-refractivity contribution in [2.45, 2.75) is 26.9 Å². The molecule has 2 rings (SSSR count). The first kappa shape index (κ1) is 21.4. The zero-order chi connectivity index (χ0) is 17.5. The average Bonchev–Trinajstić information content (AvgIpc) is 3.16. The number of thiophene rings is 1. The van der Waals surface area contributed by atoms with Crippen molar-refractivity contribution in [2.24, 2.45) is 4.99 Å². The lowest BCUT2D eigenvalue weighted by Gasteiger charge is -2.12. The van der Waals surface area contributed by atoms with Gasteiger partial charge in [-0.2, -0.15) is 0 Å². The van der Waals surface area contributed by atoms with Gasteiger partial charge < -0.3 is 20.0 Å². The number of nitrogens with zero attached hydrogens (tertiary/aromatic N) is 3.